The fourth-order valence-electron chi connectivity index (χ4n) is 0.953. The number of fused-ring (bicyclic) bond motifs is 1. The van der Waals surface area contributed by atoms with Crippen molar-refractivity contribution in [3.63, 3.8) is 0 Å². The van der Waals surface area contributed by atoms with Gasteiger partial charge in [-0.3, -0.25) is 0 Å². The van der Waals surface area contributed by atoms with Gasteiger partial charge in [-0.15, -0.1) is 0 Å². The molecule has 0 spiro atoms. The molecule has 0 aromatic heterocycles. The first-order valence-corrected chi connectivity index (χ1v) is 3.11. The van der Waals surface area contributed by atoms with Crippen molar-refractivity contribution in [2.75, 3.05) is 0 Å². The molecule has 0 amide bonds. The summed E-state index contributed by atoms with van der Waals surface area (Å²) in [5, 5.41) is 3.80. The number of benzene rings is 1. The van der Waals surface area contributed by atoms with Gasteiger partial charge in [0.1, 0.15) is 5.82 Å². The first-order chi connectivity index (χ1) is 5.25. The zero-order chi connectivity index (χ0) is 7.84. The minimum atomic E-state index is -0.322. The van der Waals surface area contributed by atoms with E-state index < -0.39 is 0 Å². The van der Waals surface area contributed by atoms with Crippen LogP contribution in [0.1, 0.15) is 0 Å². The largest absolute Gasteiger partial charge is 0.368 e. The Morgan fingerprint density at radius 1 is 1.27 bits per heavy atom. The summed E-state index contributed by atoms with van der Waals surface area (Å²) < 4.78 is 12.5. The molecule has 2 N–H and O–H groups in total. The van der Waals surface area contributed by atoms with E-state index in [1.807, 2.05) is 0 Å². The van der Waals surface area contributed by atoms with Gasteiger partial charge in [-0.2, -0.15) is 0 Å². The highest BCUT2D eigenvalue weighted by atomic mass is 19.1. The Kier molecular flexibility index (Phi) is 1.09. The van der Waals surface area contributed by atoms with E-state index in [4.69, 9.17) is 5.73 Å². The van der Waals surface area contributed by atoms with Gasteiger partial charge in [0, 0.05) is 6.07 Å². The van der Waals surface area contributed by atoms with Crippen LogP contribution in [0.3, 0.4) is 0 Å². The molecular weight excluding hydrogens is 145 g/mol. The van der Waals surface area contributed by atoms with Gasteiger partial charge in [0.2, 0.25) is 5.96 Å². The highest BCUT2D eigenvalue weighted by Gasteiger charge is 2.12. The van der Waals surface area contributed by atoms with Gasteiger partial charge in [0.25, 0.3) is 0 Å². The van der Waals surface area contributed by atoms with E-state index in [1.54, 1.807) is 6.07 Å². The van der Waals surface area contributed by atoms with Gasteiger partial charge in [0.05, 0.1) is 11.4 Å². The average Bonchev–Trinajstić information content (AvgIpc) is 2.27. The Labute approximate surface area is 62.7 Å². The van der Waals surface area contributed by atoms with Crippen molar-refractivity contribution in [2.45, 2.75) is 0 Å². The molecule has 1 aliphatic heterocycles. The van der Waals surface area contributed by atoms with Crippen molar-refractivity contribution >= 4 is 17.3 Å². The minimum Gasteiger partial charge on any atom is -0.368 e. The summed E-state index contributed by atoms with van der Waals surface area (Å²) in [7, 11) is 0. The molecule has 4 heteroatoms. The number of nitrogens with zero attached hydrogens (tertiary/aromatic N) is 2. The normalized spacial score (nSPS) is 13.7. The number of rotatable bonds is 0. The number of aliphatic imine (C=N–C) groups is 1. The molecule has 0 aliphatic carbocycles. The molecule has 0 bridgehead atoms. The molecule has 11 heavy (non-hydrogen) atoms. The fraction of sp³-hybridized carbons (Fsp3) is 0. The van der Waals surface area contributed by atoms with Crippen molar-refractivity contribution in [1.82, 2.24) is 5.32 Å². The third-order valence-corrected chi connectivity index (χ3v) is 1.41. The zero-order valence-electron chi connectivity index (χ0n) is 5.58. The molecule has 0 saturated heterocycles. The van der Waals surface area contributed by atoms with Crippen molar-refractivity contribution in [3.05, 3.63) is 24.0 Å². The van der Waals surface area contributed by atoms with Crippen molar-refractivity contribution < 1.29 is 4.39 Å². The molecule has 1 aliphatic rings. The van der Waals surface area contributed by atoms with Gasteiger partial charge < -0.3 is 5.73 Å². The van der Waals surface area contributed by atoms with E-state index in [0.717, 1.165) is 0 Å². The van der Waals surface area contributed by atoms with Crippen LogP contribution in [0.5, 0.6) is 0 Å². The molecule has 1 aromatic rings. The standard InChI is InChI=1S/C7H5FN3/c8-4-1-2-5-6(3-4)11-7(9)10-5/h1-3H,(H2,9,10). The third kappa shape index (κ3) is 0.920. The van der Waals surface area contributed by atoms with Gasteiger partial charge in [-0.25, -0.2) is 14.7 Å². The van der Waals surface area contributed by atoms with Crippen LogP contribution in [0.15, 0.2) is 23.2 Å². The fourth-order valence-corrected chi connectivity index (χ4v) is 0.953. The quantitative estimate of drug-likeness (QED) is 0.589. The van der Waals surface area contributed by atoms with E-state index >= 15 is 0 Å². The summed E-state index contributed by atoms with van der Waals surface area (Å²) in [5.74, 6) is -0.136. The Balaban J connectivity index is 2.52. The molecule has 1 aromatic carbocycles. The van der Waals surface area contributed by atoms with Crippen molar-refractivity contribution in [3.8, 4) is 0 Å². The summed E-state index contributed by atoms with van der Waals surface area (Å²) in [4.78, 5) is 3.85. The number of guanidine groups is 1. The SMILES string of the molecule is NC1=Nc2ccc(F)cc2[N]1. The summed E-state index contributed by atoms with van der Waals surface area (Å²) >= 11 is 0. The lowest BCUT2D eigenvalue weighted by Gasteiger charge is -1.93. The Morgan fingerprint density at radius 3 is 2.91 bits per heavy atom. The molecule has 2 rings (SSSR count). The lowest BCUT2D eigenvalue weighted by Crippen LogP contribution is -2.17. The molecule has 55 valence electrons. The van der Waals surface area contributed by atoms with Crippen LogP contribution >= 0.6 is 0 Å². The number of halogens is 1. The highest BCUT2D eigenvalue weighted by Crippen LogP contribution is 2.29. The van der Waals surface area contributed by atoms with E-state index in [2.05, 4.69) is 10.3 Å². The van der Waals surface area contributed by atoms with Gasteiger partial charge >= 0.3 is 0 Å². The number of nitrogens with two attached hydrogens (primary N) is 1. The van der Waals surface area contributed by atoms with E-state index in [1.165, 1.54) is 12.1 Å². The zero-order valence-corrected chi connectivity index (χ0v) is 5.58. The first kappa shape index (κ1) is 6.15. The Hall–Kier alpha value is -1.58. The highest BCUT2D eigenvalue weighted by molar-refractivity contribution is 5.93. The first-order valence-electron chi connectivity index (χ1n) is 3.11. The smallest absolute Gasteiger partial charge is 0.221 e. The third-order valence-electron chi connectivity index (χ3n) is 1.41. The monoisotopic (exact) mass is 150 g/mol. The van der Waals surface area contributed by atoms with Crippen molar-refractivity contribution in [1.29, 1.82) is 0 Å². The lowest BCUT2D eigenvalue weighted by atomic mass is 10.3. The predicted molar refractivity (Wildman–Crippen MR) is 39.5 cm³/mol. The van der Waals surface area contributed by atoms with E-state index in [9.17, 15) is 4.39 Å². The average molecular weight is 150 g/mol. The Bertz CT molecular complexity index is 332. The van der Waals surface area contributed by atoms with Crippen LogP contribution in [-0.4, -0.2) is 5.96 Å². The summed E-state index contributed by atoms with van der Waals surface area (Å²) in [6, 6.07) is 4.18. The van der Waals surface area contributed by atoms with E-state index in [0.29, 0.717) is 11.4 Å². The maximum atomic E-state index is 12.5. The van der Waals surface area contributed by atoms with Crippen LogP contribution in [0.4, 0.5) is 15.8 Å². The summed E-state index contributed by atoms with van der Waals surface area (Å²) in [6.45, 7) is 0. The minimum absolute atomic E-state index is 0.186. The van der Waals surface area contributed by atoms with E-state index in [-0.39, 0.29) is 11.8 Å². The lowest BCUT2D eigenvalue weighted by molar-refractivity contribution is 0.628. The molecule has 0 saturated carbocycles. The molecule has 1 heterocycles. The predicted octanol–water partition coefficient (Wildman–Crippen LogP) is 1.02. The summed E-state index contributed by atoms with van der Waals surface area (Å²) in [6.07, 6.45) is 0. The molecule has 0 fully saturated rings. The maximum Gasteiger partial charge on any atom is 0.221 e. The van der Waals surface area contributed by atoms with Crippen LogP contribution < -0.4 is 11.1 Å². The molecular formula is C7H5FN3. The number of hydrogen-bond acceptors (Lipinski definition) is 2. The topological polar surface area (TPSA) is 52.5 Å². The second kappa shape index (κ2) is 1.95. The Morgan fingerprint density at radius 2 is 2.09 bits per heavy atom. The molecule has 0 atom stereocenters. The second-order valence-corrected chi connectivity index (χ2v) is 2.21. The van der Waals surface area contributed by atoms with Crippen LogP contribution in [-0.2, 0) is 0 Å². The van der Waals surface area contributed by atoms with Crippen LogP contribution in [0, 0.1) is 5.82 Å². The maximum absolute atomic E-state index is 12.5. The molecule has 3 nitrogen and oxygen atoms in total. The number of hydrogen-bond donors (Lipinski definition) is 1. The van der Waals surface area contributed by atoms with Gasteiger partial charge in [-0.05, 0) is 12.1 Å². The molecule has 1 radical (unpaired) electrons. The van der Waals surface area contributed by atoms with Crippen molar-refractivity contribution in [2.24, 2.45) is 10.7 Å². The van der Waals surface area contributed by atoms with Crippen LogP contribution in [0.2, 0.25) is 0 Å². The van der Waals surface area contributed by atoms with Gasteiger partial charge in [-0.1, -0.05) is 0 Å². The second-order valence-electron chi connectivity index (χ2n) is 2.21. The summed E-state index contributed by atoms with van der Waals surface area (Å²) in [5.41, 5.74) is 6.43. The molecule has 0 unspecified atom stereocenters. The van der Waals surface area contributed by atoms with Gasteiger partial charge in [0.15, 0.2) is 0 Å². The van der Waals surface area contributed by atoms with Crippen LogP contribution in [0.25, 0.3) is 0 Å².